The van der Waals surface area contributed by atoms with E-state index in [1.807, 2.05) is 26.0 Å². The number of aryl methyl sites for hydroxylation is 2. The van der Waals surface area contributed by atoms with Crippen LogP contribution in [0.4, 0.5) is 0 Å². The summed E-state index contributed by atoms with van der Waals surface area (Å²) in [6.07, 6.45) is 0. The van der Waals surface area contributed by atoms with Crippen molar-refractivity contribution in [3.05, 3.63) is 51.6 Å². The molecule has 5 nitrogen and oxygen atoms in total. The largest absolute Gasteiger partial charge is 0.357 e. The van der Waals surface area contributed by atoms with E-state index in [1.54, 1.807) is 18.4 Å². The van der Waals surface area contributed by atoms with Crippen LogP contribution in [0.2, 0.25) is 0 Å². The molecule has 0 aliphatic heterocycles. The Morgan fingerprint density at radius 3 is 2.70 bits per heavy atom. The van der Waals surface area contributed by atoms with Gasteiger partial charge in [0.2, 0.25) is 0 Å². The third kappa shape index (κ3) is 3.71. The van der Waals surface area contributed by atoms with E-state index in [0.29, 0.717) is 6.54 Å². The Balaban J connectivity index is 1.58. The van der Waals surface area contributed by atoms with Gasteiger partial charge in [-0.1, -0.05) is 18.2 Å². The molecule has 3 rings (SSSR count). The van der Waals surface area contributed by atoms with Crippen molar-refractivity contribution < 1.29 is 0 Å². The topological polar surface area (TPSA) is 65.1 Å². The number of aromatic nitrogens is 2. The van der Waals surface area contributed by atoms with Crippen molar-refractivity contribution >= 4 is 28.2 Å². The second-order valence-corrected chi connectivity index (χ2v) is 6.69. The minimum atomic E-state index is 0.703. The summed E-state index contributed by atoms with van der Waals surface area (Å²) in [5, 5.41) is 9.00. The minimum absolute atomic E-state index is 0.703. The van der Waals surface area contributed by atoms with Crippen LogP contribution < -0.4 is 10.6 Å². The van der Waals surface area contributed by atoms with Gasteiger partial charge in [-0.25, -0.2) is 4.98 Å². The van der Waals surface area contributed by atoms with Crippen molar-refractivity contribution in [2.45, 2.75) is 26.9 Å². The zero-order valence-corrected chi connectivity index (χ0v) is 14.4. The van der Waals surface area contributed by atoms with E-state index in [9.17, 15) is 0 Å². The highest BCUT2D eigenvalue weighted by atomic mass is 32.1. The molecule has 0 aliphatic rings. The van der Waals surface area contributed by atoms with Gasteiger partial charge in [-0.15, -0.1) is 11.3 Å². The summed E-state index contributed by atoms with van der Waals surface area (Å²) < 4.78 is 0. The highest BCUT2D eigenvalue weighted by Gasteiger charge is 2.06. The Bertz CT molecular complexity index is 797. The van der Waals surface area contributed by atoms with Gasteiger partial charge in [0.15, 0.2) is 5.96 Å². The van der Waals surface area contributed by atoms with Gasteiger partial charge < -0.3 is 15.6 Å². The fraction of sp³-hybridized carbons (Fsp3) is 0.294. The second kappa shape index (κ2) is 6.83. The van der Waals surface area contributed by atoms with E-state index in [2.05, 4.69) is 43.8 Å². The number of hydrogen-bond acceptors (Lipinski definition) is 3. The third-order valence-electron chi connectivity index (χ3n) is 3.67. The summed E-state index contributed by atoms with van der Waals surface area (Å²) in [5.74, 6) is 0.786. The number of aliphatic imine (C=N–C) groups is 1. The number of aromatic amines is 1. The van der Waals surface area contributed by atoms with Crippen LogP contribution >= 0.6 is 11.3 Å². The number of H-pyrrole nitrogens is 1. The van der Waals surface area contributed by atoms with Crippen molar-refractivity contribution in [2.75, 3.05) is 7.05 Å². The molecule has 3 aromatic rings. The molecule has 1 aromatic carbocycles. The molecule has 0 unspecified atom stereocenters. The highest BCUT2D eigenvalue weighted by molar-refractivity contribution is 7.11. The van der Waals surface area contributed by atoms with Crippen LogP contribution in [0, 0.1) is 13.8 Å². The molecule has 0 radical (unpaired) electrons. The van der Waals surface area contributed by atoms with Gasteiger partial charge in [-0.2, -0.15) is 0 Å². The number of thiazole rings is 1. The number of nitrogens with zero attached hydrogens (tertiary/aromatic N) is 2. The first-order chi connectivity index (χ1) is 11.2. The molecule has 0 spiro atoms. The molecule has 0 saturated carbocycles. The molecule has 0 bridgehead atoms. The Labute approximate surface area is 139 Å². The predicted octanol–water partition coefficient (Wildman–Crippen LogP) is 3.11. The molecule has 0 atom stereocenters. The maximum absolute atomic E-state index is 4.45. The first kappa shape index (κ1) is 15.6. The summed E-state index contributed by atoms with van der Waals surface area (Å²) in [5.41, 5.74) is 3.38. The lowest BCUT2D eigenvalue weighted by Crippen LogP contribution is -2.36. The molecule has 6 heteroatoms. The molecule has 2 heterocycles. The zero-order valence-electron chi connectivity index (χ0n) is 13.6. The van der Waals surface area contributed by atoms with E-state index in [-0.39, 0.29) is 0 Å². The molecule has 0 fully saturated rings. The zero-order chi connectivity index (χ0) is 16.2. The molecule has 3 N–H and O–H groups in total. The van der Waals surface area contributed by atoms with E-state index >= 15 is 0 Å². The number of fused-ring (bicyclic) bond motifs is 1. The Morgan fingerprint density at radius 2 is 2.00 bits per heavy atom. The summed E-state index contributed by atoms with van der Waals surface area (Å²) in [6.45, 7) is 5.52. The molecular weight excluding hydrogens is 306 g/mol. The first-order valence-electron chi connectivity index (χ1n) is 7.60. The average molecular weight is 327 g/mol. The summed E-state index contributed by atoms with van der Waals surface area (Å²) in [7, 11) is 1.78. The second-order valence-electron chi connectivity index (χ2n) is 5.40. The predicted molar refractivity (Wildman–Crippen MR) is 96.9 cm³/mol. The SMILES string of the molecule is CN=C(NCc1cc2ccccc2[nH]1)NCc1sc(C)nc1C. The van der Waals surface area contributed by atoms with Crippen LogP contribution in [0.5, 0.6) is 0 Å². The number of rotatable bonds is 4. The molecule has 23 heavy (non-hydrogen) atoms. The van der Waals surface area contributed by atoms with Crippen molar-refractivity contribution in [1.82, 2.24) is 20.6 Å². The maximum atomic E-state index is 4.45. The Kier molecular flexibility index (Phi) is 4.62. The number of nitrogens with one attached hydrogen (secondary N) is 3. The first-order valence-corrected chi connectivity index (χ1v) is 8.41. The smallest absolute Gasteiger partial charge is 0.191 e. The van der Waals surface area contributed by atoms with E-state index < -0.39 is 0 Å². The van der Waals surface area contributed by atoms with Crippen molar-refractivity contribution in [2.24, 2.45) is 4.99 Å². The van der Waals surface area contributed by atoms with Crippen LogP contribution in [0.15, 0.2) is 35.3 Å². The van der Waals surface area contributed by atoms with Crippen molar-refractivity contribution in [3.63, 3.8) is 0 Å². The van der Waals surface area contributed by atoms with Crippen molar-refractivity contribution in [3.8, 4) is 0 Å². The lowest BCUT2D eigenvalue weighted by molar-refractivity contribution is 0.801. The number of para-hydroxylation sites is 1. The monoisotopic (exact) mass is 327 g/mol. The molecule has 0 saturated heterocycles. The van der Waals surface area contributed by atoms with Crippen LogP contribution in [0.3, 0.4) is 0 Å². The Morgan fingerprint density at radius 1 is 1.22 bits per heavy atom. The molecule has 0 aliphatic carbocycles. The lowest BCUT2D eigenvalue weighted by atomic mass is 10.2. The summed E-state index contributed by atoms with van der Waals surface area (Å²) >= 11 is 1.72. The normalized spacial score (nSPS) is 11.9. The quantitative estimate of drug-likeness (QED) is 0.509. The lowest BCUT2D eigenvalue weighted by Gasteiger charge is -2.10. The van der Waals surface area contributed by atoms with E-state index in [1.165, 1.54) is 10.3 Å². The summed E-state index contributed by atoms with van der Waals surface area (Å²) in [4.78, 5) is 13.4. The molecule has 2 aromatic heterocycles. The van der Waals surface area contributed by atoms with Gasteiger partial charge in [-0.3, -0.25) is 4.99 Å². The van der Waals surface area contributed by atoms with Crippen LogP contribution in [0.1, 0.15) is 21.3 Å². The fourth-order valence-corrected chi connectivity index (χ4v) is 3.41. The highest BCUT2D eigenvalue weighted by Crippen LogP contribution is 2.16. The van der Waals surface area contributed by atoms with Gasteiger partial charge in [-0.05, 0) is 31.4 Å². The van der Waals surface area contributed by atoms with Crippen LogP contribution in [-0.2, 0) is 13.1 Å². The number of hydrogen-bond donors (Lipinski definition) is 3. The number of guanidine groups is 1. The van der Waals surface area contributed by atoms with Crippen LogP contribution in [0.25, 0.3) is 10.9 Å². The maximum Gasteiger partial charge on any atom is 0.191 e. The van der Waals surface area contributed by atoms with Crippen molar-refractivity contribution in [1.29, 1.82) is 0 Å². The van der Waals surface area contributed by atoms with Gasteiger partial charge >= 0.3 is 0 Å². The minimum Gasteiger partial charge on any atom is -0.357 e. The summed E-state index contributed by atoms with van der Waals surface area (Å²) in [6, 6.07) is 10.4. The van der Waals surface area contributed by atoms with Gasteiger partial charge in [0.25, 0.3) is 0 Å². The molecular formula is C17H21N5S. The Hall–Kier alpha value is -2.34. The van der Waals surface area contributed by atoms with Gasteiger partial charge in [0.05, 0.1) is 23.8 Å². The van der Waals surface area contributed by atoms with E-state index in [4.69, 9.17) is 0 Å². The number of benzene rings is 1. The molecule has 0 amide bonds. The molecule has 120 valence electrons. The van der Waals surface area contributed by atoms with E-state index in [0.717, 1.165) is 34.4 Å². The standard InChI is InChI=1S/C17H21N5S/c1-11-16(23-12(2)21-11)10-20-17(18-3)19-9-14-8-13-6-4-5-7-15(13)22-14/h4-8,22H,9-10H2,1-3H3,(H2,18,19,20). The van der Waals surface area contributed by atoms with Gasteiger partial charge in [0.1, 0.15) is 0 Å². The van der Waals surface area contributed by atoms with Gasteiger partial charge in [0, 0.05) is 23.1 Å². The average Bonchev–Trinajstić information content (AvgIpc) is 3.09. The third-order valence-corrected chi connectivity index (χ3v) is 4.74. The fourth-order valence-electron chi connectivity index (χ4n) is 2.53. The van der Waals surface area contributed by atoms with Crippen LogP contribution in [-0.4, -0.2) is 23.0 Å².